The van der Waals surface area contributed by atoms with Gasteiger partial charge in [0.05, 0.1) is 19.0 Å². The van der Waals surface area contributed by atoms with E-state index in [0.29, 0.717) is 13.0 Å². The molecule has 0 saturated heterocycles. The summed E-state index contributed by atoms with van der Waals surface area (Å²) in [6.07, 6.45) is 2.23. The van der Waals surface area contributed by atoms with Gasteiger partial charge in [0.15, 0.2) is 0 Å². The molecule has 1 aromatic rings. The van der Waals surface area contributed by atoms with Crippen LogP contribution in [-0.2, 0) is 6.42 Å². The third-order valence-corrected chi connectivity index (χ3v) is 2.52. The predicted molar refractivity (Wildman–Crippen MR) is 61.1 cm³/mol. The Balaban J connectivity index is 1.82. The van der Waals surface area contributed by atoms with Crippen molar-refractivity contribution in [3.63, 3.8) is 0 Å². The average molecular weight is 204 g/mol. The van der Waals surface area contributed by atoms with Crippen molar-refractivity contribution in [2.75, 3.05) is 19.6 Å². The van der Waals surface area contributed by atoms with Crippen LogP contribution in [0.25, 0.3) is 0 Å². The van der Waals surface area contributed by atoms with Gasteiger partial charge in [0.1, 0.15) is 0 Å². The molecule has 1 aromatic carbocycles. The van der Waals surface area contributed by atoms with Gasteiger partial charge in [0.25, 0.3) is 0 Å². The summed E-state index contributed by atoms with van der Waals surface area (Å²) in [6, 6.07) is 10.1. The molecule has 1 heterocycles. The van der Waals surface area contributed by atoms with Crippen molar-refractivity contribution in [2.45, 2.75) is 12.5 Å². The Morgan fingerprint density at radius 3 is 2.80 bits per heavy atom. The molecule has 0 spiro atoms. The number of hydrogen-bond acceptors (Lipinski definition) is 3. The highest BCUT2D eigenvalue weighted by Crippen LogP contribution is 2.05. The van der Waals surface area contributed by atoms with Crippen LogP contribution in [0, 0.1) is 0 Å². The van der Waals surface area contributed by atoms with E-state index in [1.165, 1.54) is 5.56 Å². The fraction of sp³-hybridized carbons (Fsp3) is 0.417. The van der Waals surface area contributed by atoms with E-state index in [9.17, 15) is 5.11 Å². The van der Waals surface area contributed by atoms with Gasteiger partial charge in [-0.1, -0.05) is 30.3 Å². The van der Waals surface area contributed by atoms with E-state index < -0.39 is 0 Å². The summed E-state index contributed by atoms with van der Waals surface area (Å²) in [5.41, 5.74) is 1.18. The standard InChI is InChI=1S/C12H16N2O/c15-12(9-14-7-6-13-10-14)8-11-4-2-1-3-5-11/h1-5,10,12,15H,6-9H2. The Bertz CT molecular complexity index is 324. The number of β-amino-alcohol motifs (C(OH)–C–C–N with tert-alkyl or cyclic N) is 1. The maximum Gasteiger partial charge on any atom is 0.0852 e. The molecule has 0 aliphatic carbocycles. The lowest BCUT2D eigenvalue weighted by Gasteiger charge is -2.18. The molecule has 1 aliphatic rings. The molecule has 0 radical (unpaired) electrons. The first kappa shape index (κ1) is 10.2. The van der Waals surface area contributed by atoms with Crippen molar-refractivity contribution in [3.8, 4) is 0 Å². The highest BCUT2D eigenvalue weighted by atomic mass is 16.3. The molecule has 3 heteroatoms. The lowest BCUT2D eigenvalue weighted by Crippen LogP contribution is -2.31. The maximum atomic E-state index is 9.86. The third kappa shape index (κ3) is 3.06. The summed E-state index contributed by atoms with van der Waals surface area (Å²) in [6.45, 7) is 2.47. The zero-order chi connectivity index (χ0) is 10.5. The summed E-state index contributed by atoms with van der Waals surface area (Å²) in [7, 11) is 0. The average Bonchev–Trinajstić information content (AvgIpc) is 2.71. The van der Waals surface area contributed by atoms with E-state index in [4.69, 9.17) is 0 Å². The van der Waals surface area contributed by atoms with Crippen molar-refractivity contribution in [1.82, 2.24) is 4.90 Å². The SMILES string of the molecule is OC(Cc1ccccc1)CN1C=NCC1. The molecule has 1 unspecified atom stereocenters. The van der Waals surface area contributed by atoms with E-state index in [1.807, 2.05) is 36.7 Å². The van der Waals surface area contributed by atoms with Crippen LogP contribution in [-0.4, -0.2) is 42.1 Å². The number of aliphatic imine (C=N–C) groups is 1. The van der Waals surface area contributed by atoms with Gasteiger partial charge >= 0.3 is 0 Å². The van der Waals surface area contributed by atoms with Gasteiger partial charge in [-0.15, -0.1) is 0 Å². The van der Waals surface area contributed by atoms with E-state index in [1.54, 1.807) is 0 Å². The van der Waals surface area contributed by atoms with Crippen LogP contribution in [0.4, 0.5) is 0 Å². The molecule has 1 aliphatic heterocycles. The Morgan fingerprint density at radius 1 is 1.33 bits per heavy atom. The van der Waals surface area contributed by atoms with Gasteiger partial charge in [0.2, 0.25) is 0 Å². The zero-order valence-electron chi connectivity index (χ0n) is 8.71. The minimum absolute atomic E-state index is 0.308. The first-order valence-corrected chi connectivity index (χ1v) is 5.30. The highest BCUT2D eigenvalue weighted by molar-refractivity contribution is 5.57. The minimum atomic E-state index is -0.308. The summed E-state index contributed by atoms with van der Waals surface area (Å²) in [5, 5.41) is 9.86. The lowest BCUT2D eigenvalue weighted by molar-refractivity contribution is 0.147. The van der Waals surface area contributed by atoms with Crippen LogP contribution in [0.1, 0.15) is 5.56 Å². The molecule has 0 bridgehead atoms. The molecular formula is C12H16N2O. The lowest BCUT2D eigenvalue weighted by atomic mass is 10.1. The monoisotopic (exact) mass is 204 g/mol. The fourth-order valence-corrected chi connectivity index (χ4v) is 1.78. The van der Waals surface area contributed by atoms with E-state index >= 15 is 0 Å². The number of benzene rings is 1. The Kier molecular flexibility index (Phi) is 3.35. The van der Waals surface area contributed by atoms with Crippen LogP contribution in [0.2, 0.25) is 0 Å². The van der Waals surface area contributed by atoms with Crippen LogP contribution in [0.3, 0.4) is 0 Å². The molecule has 0 fully saturated rings. The van der Waals surface area contributed by atoms with E-state index in [-0.39, 0.29) is 6.10 Å². The maximum absolute atomic E-state index is 9.86. The van der Waals surface area contributed by atoms with Crippen LogP contribution < -0.4 is 0 Å². The van der Waals surface area contributed by atoms with Crippen molar-refractivity contribution in [3.05, 3.63) is 35.9 Å². The molecule has 80 valence electrons. The number of aliphatic hydroxyl groups excluding tert-OH is 1. The van der Waals surface area contributed by atoms with Gasteiger partial charge < -0.3 is 10.0 Å². The summed E-state index contributed by atoms with van der Waals surface area (Å²) >= 11 is 0. The largest absolute Gasteiger partial charge is 0.391 e. The second-order valence-corrected chi connectivity index (χ2v) is 3.86. The van der Waals surface area contributed by atoms with Gasteiger partial charge in [-0.25, -0.2) is 0 Å². The molecule has 1 N–H and O–H groups in total. The van der Waals surface area contributed by atoms with E-state index in [0.717, 1.165) is 13.1 Å². The van der Waals surface area contributed by atoms with Gasteiger partial charge in [-0.2, -0.15) is 0 Å². The number of hydrogen-bond donors (Lipinski definition) is 1. The summed E-state index contributed by atoms with van der Waals surface area (Å²) in [4.78, 5) is 6.18. The van der Waals surface area contributed by atoms with Crippen molar-refractivity contribution in [1.29, 1.82) is 0 Å². The van der Waals surface area contributed by atoms with Crippen molar-refractivity contribution >= 4 is 6.34 Å². The molecule has 15 heavy (non-hydrogen) atoms. The molecule has 0 amide bonds. The normalized spacial score (nSPS) is 17.0. The van der Waals surface area contributed by atoms with Crippen molar-refractivity contribution in [2.24, 2.45) is 4.99 Å². The van der Waals surface area contributed by atoms with Crippen LogP contribution >= 0.6 is 0 Å². The fourth-order valence-electron chi connectivity index (χ4n) is 1.78. The van der Waals surface area contributed by atoms with Gasteiger partial charge in [-0.05, 0) is 5.56 Å². The predicted octanol–water partition coefficient (Wildman–Crippen LogP) is 0.934. The number of nitrogens with zero attached hydrogens (tertiary/aromatic N) is 2. The zero-order valence-corrected chi connectivity index (χ0v) is 8.71. The first-order chi connectivity index (χ1) is 7.34. The number of rotatable bonds is 4. The topological polar surface area (TPSA) is 35.8 Å². The third-order valence-electron chi connectivity index (χ3n) is 2.52. The molecule has 2 rings (SSSR count). The van der Waals surface area contributed by atoms with Crippen molar-refractivity contribution < 1.29 is 5.11 Å². The molecular weight excluding hydrogens is 188 g/mol. The van der Waals surface area contributed by atoms with E-state index in [2.05, 4.69) is 9.89 Å². The van der Waals surface area contributed by atoms with Crippen LogP contribution in [0.15, 0.2) is 35.3 Å². The van der Waals surface area contributed by atoms with Gasteiger partial charge in [0, 0.05) is 19.5 Å². The first-order valence-electron chi connectivity index (χ1n) is 5.30. The molecule has 1 atom stereocenters. The second kappa shape index (κ2) is 4.94. The molecule has 3 nitrogen and oxygen atoms in total. The Labute approximate surface area is 90.1 Å². The van der Waals surface area contributed by atoms with Gasteiger partial charge in [-0.3, -0.25) is 4.99 Å². The minimum Gasteiger partial charge on any atom is -0.391 e. The van der Waals surface area contributed by atoms with Crippen LogP contribution in [0.5, 0.6) is 0 Å². The summed E-state index contributed by atoms with van der Waals surface area (Å²) in [5.74, 6) is 0. The Morgan fingerprint density at radius 2 is 2.13 bits per heavy atom. The smallest absolute Gasteiger partial charge is 0.0852 e. The Hall–Kier alpha value is -1.35. The summed E-state index contributed by atoms with van der Waals surface area (Å²) < 4.78 is 0. The molecule has 0 saturated carbocycles. The highest BCUT2D eigenvalue weighted by Gasteiger charge is 2.11. The number of aliphatic hydroxyl groups is 1. The quantitative estimate of drug-likeness (QED) is 0.792. The second-order valence-electron chi connectivity index (χ2n) is 3.86. The molecule has 0 aromatic heterocycles.